The highest BCUT2D eigenvalue weighted by Gasteiger charge is 2.13. The van der Waals surface area contributed by atoms with Gasteiger partial charge in [0, 0.05) is 25.4 Å². The third-order valence-corrected chi connectivity index (χ3v) is 3.41. The van der Waals surface area contributed by atoms with Crippen LogP contribution in [0, 0.1) is 5.82 Å². The molecule has 2 rings (SSSR count). The summed E-state index contributed by atoms with van der Waals surface area (Å²) in [6.07, 6.45) is 4.64. The Morgan fingerprint density at radius 2 is 1.96 bits per heavy atom. The molecule has 1 atom stereocenters. The number of aliphatic hydroxyl groups excluding tert-OH is 1. The van der Waals surface area contributed by atoms with Gasteiger partial charge >= 0.3 is 0 Å². The molecule has 2 aromatic rings. The Balaban J connectivity index is 1.74. The zero-order valence-electron chi connectivity index (χ0n) is 13.5. The van der Waals surface area contributed by atoms with Gasteiger partial charge in [0.25, 0.3) is 5.91 Å². The number of nitrogens with one attached hydrogen (secondary N) is 2. The summed E-state index contributed by atoms with van der Waals surface area (Å²) in [6.45, 7) is -0.106. The Labute approximate surface area is 144 Å². The van der Waals surface area contributed by atoms with E-state index in [9.17, 15) is 19.1 Å². The zero-order valence-corrected chi connectivity index (χ0v) is 13.5. The number of benzene rings is 1. The summed E-state index contributed by atoms with van der Waals surface area (Å²) in [7, 11) is 0. The van der Waals surface area contributed by atoms with Crippen molar-refractivity contribution in [1.29, 1.82) is 0 Å². The van der Waals surface area contributed by atoms with Crippen LogP contribution >= 0.6 is 0 Å². The summed E-state index contributed by atoms with van der Waals surface area (Å²) in [5.41, 5.74) is 0.976. The number of nitrogens with zero attached hydrogens (tertiary/aromatic N) is 2. The third-order valence-electron chi connectivity index (χ3n) is 3.41. The molecule has 0 aliphatic heterocycles. The maximum Gasteiger partial charge on any atom is 0.271 e. The summed E-state index contributed by atoms with van der Waals surface area (Å²) in [5, 5.41) is 14.6. The molecule has 1 unspecified atom stereocenters. The van der Waals surface area contributed by atoms with Gasteiger partial charge in [-0.2, -0.15) is 0 Å². The molecule has 132 valence electrons. The first-order valence-corrected chi connectivity index (χ1v) is 7.77. The lowest BCUT2D eigenvalue weighted by atomic mass is 10.1. The molecule has 1 aromatic heterocycles. The predicted octanol–water partition coefficient (Wildman–Crippen LogP) is 0.455. The minimum Gasteiger partial charge on any atom is -0.394 e. The Morgan fingerprint density at radius 3 is 2.60 bits per heavy atom. The molecule has 0 bridgehead atoms. The van der Waals surface area contributed by atoms with E-state index in [1.54, 1.807) is 12.1 Å². The second kappa shape index (κ2) is 9.43. The van der Waals surface area contributed by atoms with E-state index in [0.29, 0.717) is 6.42 Å². The Morgan fingerprint density at radius 1 is 1.20 bits per heavy atom. The average molecular weight is 346 g/mol. The van der Waals surface area contributed by atoms with E-state index in [4.69, 9.17) is 0 Å². The smallest absolute Gasteiger partial charge is 0.271 e. The van der Waals surface area contributed by atoms with Gasteiger partial charge in [-0.25, -0.2) is 9.37 Å². The number of hydrogen-bond acceptors (Lipinski definition) is 5. The number of carbonyl (C=O) groups is 2. The molecule has 8 heteroatoms. The van der Waals surface area contributed by atoms with Gasteiger partial charge in [-0.15, -0.1) is 0 Å². The van der Waals surface area contributed by atoms with Crippen LogP contribution in [0.5, 0.6) is 0 Å². The Bertz CT molecular complexity index is 695. The van der Waals surface area contributed by atoms with Crippen LogP contribution in [0.1, 0.15) is 22.5 Å². The van der Waals surface area contributed by atoms with Crippen molar-refractivity contribution in [3.63, 3.8) is 0 Å². The fourth-order valence-corrected chi connectivity index (χ4v) is 2.16. The fourth-order valence-electron chi connectivity index (χ4n) is 2.16. The lowest BCUT2D eigenvalue weighted by molar-refractivity contribution is -0.121. The first kappa shape index (κ1) is 18.5. The fraction of sp³-hybridized carbons (Fsp3) is 0.294. The first-order chi connectivity index (χ1) is 12.1. The SMILES string of the molecule is O=C(CCNC(=O)c1cnccn1)NC(CO)Cc1ccc(F)cc1. The van der Waals surface area contributed by atoms with Crippen LogP contribution in [0.2, 0.25) is 0 Å². The standard InChI is InChI=1S/C17H19FN4O3/c18-13-3-1-12(2-4-13)9-14(11-23)22-16(24)5-6-21-17(25)15-10-19-7-8-20-15/h1-4,7-8,10,14,23H,5-6,9,11H2,(H,21,25)(H,22,24). The monoisotopic (exact) mass is 346 g/mol. The van der Waals surface area contributed by atoms with E-state index in [1.807, 2.05) is 0 Å². The molecular formula is C17H19FN4O3. The molecule has 1 heterocycles. The van der Waals surface area contributed by atoms with Crippen LogP contribution in [0.3, 0.4) is 0 Å². The maximum atomic E-state index is 12.9. The number of hydrogen-bond donors (Lipinski definition) is 3. The van der Waals surface area contributed by atoms with Crippen molar-refractivity contribution < 1.29 is 19.1 Å². The summed E-state index contributed by atoms with van der Waals surface area (Å²) < 4.78 is 12.9. The second-order valence-corrected chi connectivity index (χ2v) is 5.37. The third kappa shape index (κ3) is 6.27. The average Bonchev–Trinajstić information content (AvgIpc) is 2.63. The van der Waals surface area contributed by atoms with Crippen molar-refractivity contribution in [2.75, 3.05) is 13.2 Å². The quantitative estimate of drug-likeness (QED) is 0.644. The molecule has 0 saturated carbocycles. The summed E-state index contributed by atoms with van der Waals surface area (Å²) in [4.78, 5) is 31.3. The van der Waals surface area contributed by atoms with Crippen molar-refractivity contribution in [2.24, 2.45) is 0 Å². The van der Waals surface area contributed by atoms with E-state index in [0.717, 1.165) is 5.56 Å². The first-order valence-electron chi connectivity index (χ1n) is 7.77. The zero-order chi connectivity index (χ0) is 18.1. The van der Waals surface area contributed by atoms with E-state index < -0.39 is 11.9 Å². The van der Waals surface area contributed by atoms with Gasteiger partial charge in [-0.3, -0.25) is 14.6 Å². The number of halogens is 1. The van der Waals surface area contributed by atoms with Crippen LogP contribution in [0.25, 0.3) is 0 Å². The van der Waals surface area contributed by atoms with Crippen molar-refractivity contribution in [2.45, 2.75) is 18.9 Å². The van der Waals surface area contributed by atoms with Crippen LogP contribution in [0.15, 0.2) is 42.9 Å². The maximum absolute atomic E-state index is 12.9. The number of carbonyl (C=O) groups excluding carboxylic acids is 2. The van der Waals surface area contributed by atoms with E-state index in [1.165, 1.54) is 30.7 Å². The number of amides is 2. The van der Waals surface area contributed by atoms with Gasteiger partial charge in [0.2, 0.25) is 5.91 Å². The van der Waals surface area contributed by atoms with Crippen LogP contribution in [0.4, 0.5) is 4.39 Å². The van der Waals surface area contributed by atoms with Crippen LogP contribution < -0.4 is 10.6 Å². The minimum absolute atomic E-state index is 0.0614. The molecule has 0 radical (unpaired) electrons. The summed E-state index contributed by atoms with van der Waals surface area (Å²) >= 11 is 0. The number of aromatic nitrogens is 2. The molecule has 3 N–H and O–H groups in total. The molecule has 0 aliphatic carbocycles. The molecule has 0 aliphatic rings. The van der Waals surface area contributed by atoms with Gasteiger partial charge in [0.1, 0.15) is 11.5 Å². The summed E-state index contributed by atoms with van der Waals surface area (Å²) in [6, 6.07) is 5.38. The largest absolute Gasteiger partial charge is 0.394 e. The molecule has 0 saturated heterocycles. The van der Waals surface area contributed by atoms with Gasteiger partial charge in [0.05, 0.1) is 18.8 Å². The molecule has 25 heavy (non-hydrogen) atoms. The van der Waals surface area contributed by atoms with Gasteiger partial charge in [-0.1, -0.05) is 12.1 Å². The Kier molecular flexibility index (Phi) is 6.97. The van der Waals surface area contributed by atoms with Crippen molar-refractivity contribution in [1.82, 2.24) is 20.6 Å². The van der Waals surface area contributed by atoms with Gasteiger partial charge < -0.3 is 15.7 Å². The van der Waals surface area contributed by atoms with Gasteiger partial charge in [0.15, 0.2) is 0 Å². The lowest BCUT2D eigenvalue weighted by Gasteiger charge is -2.16. The van der Waals surface area contributed by atoms with Crippen molar-refractivity contribution in [3.8, 4) is 0 Å². The minimum atomic E-state index is -0.478. The number of rotatable bonds is 8. The number of aliphatic hydroxyl groups is 1. The highest BCUT2D eigenvalue weighted by Crippen LogP contribution is 2.06. The van der Waals surface area contributed by atoms with Crippen LogP contribution in [-0.4, -0.2) is 46.1 Å². The van der Waals surface area contributed by atoms with E-state index >= 15 is 0 Å². The topological polar surface area (TPSA) is 104 Å². The van der Waals surface area contributed by atoms with E-state index in [2.05, 4.69) is 20.6 Å². The molecule has 1 aromatic carbocycles. The highest BCUT2D eigenvalue weighted by molar-refractivity contribution is 5.92. The molecule has 0 fully saturated rings. The molecule has 2 amide bonds. The summed E-state index contributed by atoms with van der Waals surface area (Å²) in [5.74, 6) is -1.06. The molecule has 0 spiro atoms. The van der Waals surface area contributed by atoms with E-state index in [-0.39, 0.29) is 37.0 Å². The highest BCUT2D eigenvalue weighted by atomic mass is 19.1. The van der Waals surface area contributed by atoms with Crippen molar-refractivity contribution in [3.05, 3.63) is 59.9 Å². The van der Waals surface area contributed by atoms with Crippen molar-refractivity contribution >= 4 is 11.8 Å². The predicted molar refractivity (Wildman–Crippen MR) is 88.1 cm³/mol. The molecule has 7 nitrogen and oxygen atoms in total. The normalized spacial score (nSPS) is 11.6. The Hall–Kier alpha value is -2.87. The molecular weight excluding hydrogens is 327 g/mol. The van der Waals surface area contributed by atoms with Gasteiger partial charge in [-0.05, 0) is 24.1 Å². The lowest BCUT2D eigenvalue weighted by Crippen LogP contribution is -2.40. The van der Waals surface area contributed by atoms with Crippen LogP contribution in [-0.2, 0) is 11.2 Å². The second-order valence-electron chi connectivity index (χ2n) is 5.37.